The molecule has 2 aromatic rings. The van der Waals surface area contributed by atoms with E-state index < -0.39 is 0 Å². The van der Waals surface area contributed by atoms with Crippen LogP contribution in [0.4, 0.5) is 5.69 Å². The van der Waals surface area contributed by atoms with Gasteiger partial charge >= 0.3 is 0 Å². The lowest BCUT2D eigenvalue weighted by Gasteiger charge is -2.36. The second-order valence-corrected chi connectivity index (χ2v) is 7.22. The molecule has 6 nitrogen and oxygen atoms in total. The van der Waals surface area contributed by atoms with Gasteiger partial charge in [-0.3, -0.25) is 14.4 Å². The largest absolute Gasteiger partial charge is 0.339 e. The van der Waals surface area contributed by atoms with Crippen molar-refractivity contribution in [2.75, 3.05) is 37.6 Å². The smallest absolute Gasteiger partial charge is 0.253 e. The number of benzene rings is 2. The predicted octanol–water partition coefficient (Wildman–Crippen LogP) is 2.02. The summed E-state index contributed by atoms with van der Waals surface area (Å²) in [5.74, 6) is -0.316. The molecule has 0 unspecified atom stereocenters. The number of carbonyl (C=O) groups is 3. The molecule has 2 fully saturated rings. The average molecular weight is 377 g/mol. The van der Waals surface area contributed by atoms with Gasteiger partial charge in [-0.1, -0.05) is 36.4 Å². The highest BCUT2D eigenvalue weighted by atomic mass is 16.2. The molecule has 0 radical (unpaired) electrons. The lowest BCUT2D eigenvalue weighted by atomic mass is 10.1. The maximum Gasteiger partial charge on any atom is 0.253 e. The number of amides is 3. The van der Waals surface area contributed by atoms with Crippen molar-refractivity contribution < 1.29 is 14.4 Å². The quantitative estimate of drug-likeness (QED) is 0.822. The standard InChI is InChI=1S/C22H23N3O3/c26-20-15-18(16-25(20)19-9-5-2-6-10-19)22(28)24-13-11-23(12-14-24)21(27)17-7-3-1-4-8-17/h1-10,18H,11-16H2/t18-/m1/s1. The van der Waals surface area contributed by atoms with Gasteiger partial charge in [0, 0.05) is 50.4 Å². The molecule has 28 heavy (non-hydrogen) atoms. The van der Waals surface area contributed by atoms with Gasteiger partial charge in [0.2, 0.25) is 11.8 Å². The second-order valence-electron chi connectivity index (χ2n) is 7.22. The monoisotopic (exact) mass is 377 g/mol. The molecule has 0 spiro atoms. The molecule has 2 aromatic carbocycles. The summed E-state index contributed by atoms with van der Waals surface area (Å²) in [5.41, 5.74) is 1.50. The summed E-state index contributed by atoms with van der Waals surface area (Å²) in [6.45, 7) is 2.47. The molecular formula is C22H23N3O3. The SMILES string of the molecule is O=C(c1ccccc1)N1CCN(C(=O)[C@@H]2CC(=O)N(c3ccccc3)C2)CC1. The van der Waals surface area contributed by atoms with Gasteiger partial charge < -0.3 is 14.7 Å². The maximum atomic E-state index is 12.9. The Morgan fingerprint density at radius 1 is 0.786 bits per heavy atom. The highest BCUT2D eigenvalue weighted by Gasteiger charge is 2.38. The lowest BCUT2D eigenvalue weighted by molar-refractivity contribution is -0.137. The van der Waals surface area contributed by atoms with E-state index in [2.05, 4.69) is 0 Å². The van der Waals surface area contributed by atoms with Crippen LogP contribution in [0.25, 0.3) is 0 Å². The van der Waals surface area contributed by atoms with E-state index in [0.717, 1.165) is 5.69 Å². The molecule has 4 rings (SSSR count). The number of hydrogen-bond acceptors (Lipinski definition) is 3. The number of carbonyl (C=O) groups excluding carboxylic acids is 3. The second kappa shape index (κ2) is 7.84. The number of piperazine rings is 1. The summed E-state index contributed by atoms with van der Waals surface area (Å²) in [7, 11) is 0. The van der Waals surface area contributed by atoms with Gasteiger partial charge in [-0.05, 0) is 24.3 Å². The maximum absolute atomic E-state index is 12.9. The van der Waals surface area contributed by atoms with Crippen molar-refractivity contribution in [2.24, 2.45) is 5.92 Å². The molecule has 0 aromatic heterocycles. The molecule has 0 bridgehead atoms. The van der Waals surface area contributed by atoms with E-state index in [9.17, 15) is 14.4 Å². The van der Waals surface area contributed by atoms with E-state index in [-0.39, 0.29) is 30.1 Å². The highest BCUT2D eigenvalue weighted by molar-refractivity contribution is 6.00. The van der Waals surface area contributed by atoms with Gasteiger partial charge in [0.05, 0.1) is 5.92 Å². The van der Waals surface area contributed by atoms with Crippen LogP contribution >= 0.6 is 0 Å². The molecule has 3 amide bonds. The van der Waals surface area contributed by atoms with E-state index in [4.69, 9.17) is 0 Å². The number of para-hydroxylation sites is 1. The lowest BCUT2D eigenvalue weighted by Crippen LogP contribution is -2.52. The molecule has 2 aliphatic heterocycles. The molecule has 6 heteroatoms. The Bertz CT molecular complexity index is 861. The summed E-state index contributed by atoms with van der Waals surface area (Å²) in [5, 5.41) is 0. The van der Waals surface area contributed by atoms with Crippen LogP contribution in [0, 0.1) is 5.92 Å². The molecule has 0 aliphatic carbocycles. The van der Waals surface area contributed by atoms with E-state index in [0.29, 0.717) is 38.3 Å². The van der Waals surface area contributed by atoms with Gasteiger partial charge in [0.1, 0.15) is 0 Å². The van der Waals surface area contributed by atoms with Gasteiger partial charge in [0.15, 0.2) is 0 Å². The normalized spacial score (nSPS) is 19.8. The Hall–Kier alpha value is -3.15. The van der Waals surface area contributed by atoms with Crippen molar-refractivity contribution in [1.29, 1.82) is 0 Å². The Balaban J connectivity index is 1.34. The van der Waals surface area contributed by atoms with Gasteiger partial charge in [-0.25, -0.2) is 0 Å². The van der Waals surface area contributed by atoms with E-state index in [1.54, 1.807) is 14.7 Å². The molecule has 1 atom stereocenters. The summed E-state index contributed by atoms with van der Waals surface area (Å²) >= 11 is 0. The Morgan fingerprint density at radius 2 is 1.36 bits per heavy atom. The van der Waals surface area contributed by atoms with Crippen LogP contribution in [0.5, 0.6) is 0 Å². The minimum absolute atomic E-state index is 0.000930. The third-order valence-electron chi connectivity index (χ3n) is 5.44. The third kappa shape index (κ3) is 3.63. The Labute approximate surface area is 164 Å². The summed E-state index contributed by atoms with van der Waals surface area (Å²) in [4.78, 5) is 43.1. The third-order valence-corrected chi connectivity index (χ3v) is 5.44. The number of anilines is 1. The first-order valence-corrected chi connectivity index (χ1v) is 9.62. The van der Waals surface area contributed by atoms with Crippen LogP contribution < -0.4 is 4.90 Å². The van der Waals surface area contributed by atoms with Crippen molar-refractivity contribution in [3.63, 3.8) is 0 Å². The van der Waals surface area contributed by atoms with E-state index >= 15 is 0 Å². The van der Waals surface area contributed by atoms with Crippen LogP contribution in [-0.4, -0.2) is 60.2 Å². The van der Waals surface area contributed by atoms with Crippen molar-refractivity contribution >= 4 is 23.4 Å². The van der Waals surface area contributed by atoms with Gasteiger partial charge in [-0.2, -0.15) is 0 Å². The zero-order valence-corrected chi connectivity index (χ0v) is 15.7. The molecule has 2 saturated heterocycles. The van der Waals surface area contributed by atoms with Crippen LogP contribution in [0.15, 0.2) is 60.7 Å². The van der Waals surface area contributed by atoms with E-state index in [1.807, 2.05) is 60.7 Å². The predicted molar refractivity (Wildman–Crippen MR) is 106 cm³/mol. The average Bonchev–Trinajstić information content (AvgIpc) is 3.15. The zero-order chi connectivity index (χ0) is 19.5. The number of rotatable bonds is 3. The molecule has 2 heterocycles. The fourth-order valence-electron chi connectivity index (χ4n) is 3.88. The van der Waals surface area contributed by atoms with Crippen LogP contribution in [0.1, 0.15) is 16.8 Å². The van der Waals surface area contributed by atoms with Gasteiger partial charge in [0.25, 0.3) is 5.91 Å². The minimum atomic E-state index is -0.316. The Kier molecular flexibility index (Phi) is 5.10. The first-order valence-electron chi connectivity index (χ1n) is 9.62. The van der Waals surface area contributed by atoms with Gasteiger partial charge in [-0.15, -0.1) is 0 Å². The molecule has 144 valence electrons. The van der Waals surface area contributed by atoms with Crippen molar-refractivity contribution in [2.45, 2.75) is 6.42 Å². The molecule has 0 N–H and O–H groups in total. The number of hydrogen-bond donors (Lipinski definition) is 0. The topological polar surface area (TPSA) is 60.9 Å². The summed E-state index contributed by atoms with van der Waals surface area (Å²) in [6, 6.07) is 18.7. The first kappa shape index (κ1) is 18.2. The summed E-state index contributed by atoms with van der Waals surface area (Å²) in [6.07, 6.45) is 0.247. The zero-order valence-electron chi connectivity index (χ0n) is 15.7. The molecule has 0 saturated carbocycles. The van der Waals surface area contributed by atoms with Crippen molar-refractivity contribution in [1.82, 2.24) is 9.80 Å². The minimum Gasteiger partial charge on any atom is -0.339 e. The fraction of sp³-hybridized carbons (Fsp3) is 0.318. The number of nitrogens with zero attached hydrogens (tertiary/aromatic N) is 3. The van der Waals surface area contributed by atoms with Crippen LogP contribution in [0.2, 0.25) is 0 Å². The van der Waals surface area contributed by atoms with Crippen molar-refractivity contribution in [3.05, 3.63) is 66.2 Å². The van der Waals surface area contributed by atoms with Crippen LogP contribution in [-0.2, 0) is 9.59 Å². The Morgan fingerprint density at radius 3 is 2.00 bits per heavy atom. The van der Waals surface area contributed by atoms with Crippen molar-refractivity contribution in [3.8, 4) is 0 Å². The van der Waals surface area contributed by atoms with Crippen LogP contribution in [0.3, 0.4) is 0 Å². The summed E-state index contributed by atoms with van der Waals surface area (Å²) < 4.78 is 0. The fourth-order valence-corrected chi connectivity index (χ4v) is 3.88. The molecular weight excluding hydrogens is 354 g/mol. The molecule has 2 aliphatic rings. The van der Waals surface area contributed by atoms with E-state index in [1.165, 1.54) is 0 Å². The first-order chi connectivity index (χ1) is 13.6. The highest BCUT2D eigenvalue weighted by Crippen LogP contribution is 2.26.